The summed E-state index contributed by atoms with van der Waals surface area (Å²) in [7, 11) is 2.90. The Morgan fingerprint density at radius 3 is 2.50 bits per heavy atom. The third kappa shape index (κ3) is 3.20. The van der Waals surface area contributed by atoms with E-state index in [9.17, 15) is 10.1 Å². The first-order valence-electron chi connectivity index (χ1n) is 6.15. The van der Waals surface area contributed by atoms with Gasteiger partial charge in [-0.05, 0) is 36.3 Å². The van der Waals surface area contributed by atoms with Gasteiger partial charge in [-0.25, -0.2) is 4.99 Å². The molecule has 8 heteroatoms. The number of nitro benzene ring substituents is 1. The van der Waals surface area contributed by atoms with Crippen LogP contribution in [0, 0.1) is 10.1 Å². The minimum absolute atomic E-state index is 0.0695. The highest BCUT2D eigenvalue weighted by molar-refractivity contribution is 7.66. The van der Waals surface area contributed by atoms with Crippen molar-refractivity contribution in [3.8, 4) is 0 Å². The molecule has 1 aromatic heterocycles. The van der Waals surface area contributed by atoms with Gasteiger partial charge in [0.25, 0.3) is 5.69 Å². The van der Waals surface area contributed by atoms with Crippen LogP contribution in [0.5, 0.6) is 0 Å². The number of nitro groups is 1. The number of hydrogen-bond acceptors (Lipinski definition) is 7. The van der Waals surface area contributed by atoms with E-state index in [1.54, 1.807) is 12.1 Å². The normalized spacial score (nSPS) is 11.6. The van der Waals surface area contributed by atoms with Crippen molar-refractivity contribution in [3.05, 3.63) is 39.1 Å². The summed E-state index contributed by atoms with van der Waals surface area (Å²) in [6.45, 7) is 5.89. The number of rotatable bonds is 5. The van der Waals surface area contributed by atoms with Crippen molar-refractivity contribution in [3.63, 3.8) is 0 Å². The van der Waals surface area contributed by atoms with Crippen LogP contribution in [0.15, 0.2) is 29.3 Å². The van der Waals surface area contributed by atoms with E-state index in [-0.39, 0.29) is 5.69 Å². The zero-order valence-corrected chi connectivity index (χ0v) is 12.8. The predicted octanol–water partition coefficient (Wildman–Crippen LogP) is 3.19. The van der Waals surface area contributed by atoms with Crippen LogP contribution in [-0.2, 0) is 0 Å². The summed E-state index contributed by atoms with van der Waals surface area (Å²) in [5.74, 6) is 0.878. The average Bonchev–Trinajstić information content (AvgIpc) is 2.89. The summed E-state index contributed by atoms with van der Waals surface area (Å²) in [5.41, 5.74) is 0.764. The first kappa shape index (κ1) is 14.6. The van der Waals surface area contributed by atoms with Crippen molar-refractivity contribution in [2.75, 3.05) is 18.0 Å². The molecule has 0 spiro atoms. The molecule has 0 N–H and O–H groups in total. The fourth-order valence-electron chi connectivity index (χ4n) is 1.72. The summed E-state index contributed by atoms with van der Waals surface area (Å²) in [6, 6.07) is 6.21. The molecular weight excluding hydrogens is 296 g/mol. The third-order valence-corrected chi connectivity index (χ3v) is 4.46. The number of nitrogens with zero attached hydrogens (tertiary/aromatic N) is 4. The Kier molecular flexibility index (Phi) is 4.80. The van der Waals surface area contributed by atoms with Gasteiger partial charge in [0.15, 0.2) is 10.5 Å². The van der Waals surface area contributed by atoms with Crippen molar-refractivity contribution in [2.45, 2.75) is 13.8 Å². The highest BCUT2D eigenvalue weighted by atomic mass is 32.9. The van der Waals surface area contributed by atoms with Gasteiger partial charge in [0.05, 0.1) is 10.6 Å². The van der Waals surface area contributed by atoms with Crippen molar-refractivity contribution in [1.29, 1.82) is 0 Å². The molecule has 1 heterocycles. The molecule has 6 nitrogen and oxygen atoms in total. The molecule has 0 aliphatic heterocycles. The van der Waals surface area contributed by atoms with E-state index in [1.165, 1.54) is 33.0 Å². The van der Waals surface area contributed by atoms with Gasteiger partial charge in [-0.15, -0.1) is 0 Å². The minimum atomic E-state index is -0.417. The van der Waals surface area contributed by atoms with E-state index in [2.05, 4.69) is 28.1 Å². The van der Waals surface area contributed by atoms with Gasteiger partial charge in [-0.3, -0.25) is 10.1 Å². The Balaban J connectivity index is 2.36. The van der Waals surface area contributed by atoms with Crippen molar-refractivity contribution < 1.29 is 4.92 Å². The quantitative estimate of drug-likeness (QED) is 0.483. The summed E-state index contributed by atoms with van der Waals surface area (Å²) in [5, 5.41) is 10.6. The number of hydrogen-bond donors (Lipinski definition) is 0. The monoisotopic (exact) mass is 310 g/mol. The minimum Gasteiger partial charge on any atom is -0.354 e. The van der Waals surface area contributed by atoms with Gasteiger partial charge < -0.3 is 4.90 Å². The van der Waals surface area contributed by atoms with Crippen molar-refractivity contribution >= 4 is 38.1 Å². The molecule has 0 saturated heterocycles. The number of anilines is 1. The highest BCUT2D eigenvalue weighted by Gasteiger charge is 2.09. The van der Waals surface area contributed by atoms with E-state index in [1.807, 2.05) is 0 Å². The van der Waals surface area contributed by atoms with Crippen LogP contribution in [0.3, 0.4) is 0 Å². The summed E-state index contributed by atoms with van der Waals surface area (Å²) < 4.78 is 5.22. The molecule has 1 aromatic carbocycles. The van der Waals surface area contributed by atoms with E-state index in [0.29, 0.717) is 5.69 Å². The lowest BCUT2D eigenvalue weighted by atomic mass is 10.3. The molecule has 106 valence electrons. The lowest BCUT2D eigenvalue weighted by molar-refractivity contribution is -0.384. The Bertz CT molecular complexity index is 644. The molecule has 2 rings (SSSR count). The maximum Gasteiger partial charge on any atom is 0.269 e. The van der Waals surface area contributed by atoms with Crippen LogP contribution in [0.4, 0.5) is 17.2 Å². The molecule has 0 bridgehead atoms. The second-order valence-electron chi connectivity index (χ2n) is 3.94. The maximum absolute atomic E-state index is 10.6. The molecule has 0 saturated carbocycles. The smallest absolute Gasteiger partial charge is 0.269 e. The van der Waals surface area contributed by atoms with Gasteiger partial charge in [-0.1, -0.05) is 0 Å². The van der Waals surface area contributed by atoms with E-state index in [0.717, 1.165) is 23.6 Å². The second kappa shape index (κ2) is 6.58. The molecule has 0 aliphatic carbocycles. The van der Waals surface area contributed by atoms with Crippen LogP contribution in [0.2, 0.25) is 0 Å². The molecular formula is C12H14N4O2S2. The molecule has 0 unspecified atom stereocenters. The standard InChI is InChI=1S/C12H14N4O2S2/c1-3-15(4-2)11-12(19-20-14-11)13-9-5-7-10(8-6-9)16(17)18/h5-8H,3-4H2,1-2H3. The summed E-state index contributed by atoms with van der Waals surface area (Å²) in [4.78, 5) is 16.9. The fraction of sp³-hybridized carbons (Fsp3) is 0.333. The summed E-state index contributed by atoms with van der Waals surface area (Å²) in [6.07, 6.45) is 0. The third-order valence-electron chi connectivity index (χ3n) is 2.79. The Morgan fingerprint density at radius 2 is 1.95 bits per heavy atom. The zero-order valence-electron chi connectivity index (χ0n) is 11.1. The van der Waals surface area contributed by atoms with Crippen molar-refractivity contribution in [2.24, 2.45) is 4.99 Å². The zero-order chi connectivity index (χ0) is 14.5. The second-order valence-corrected chi connectivity index (χ2v) is 5.77. The van der Waals surface area contributed by atoms with Gasteiger partial charge >= 0.3 is 0 Å². The maximum atomic E-state index is 10.6. The Hall–Kier alpha value is -1.80. The first-order chi connectivity index (χ1) is 9.65. The lowest BCUT2D eigenvalue weighted by Gasteiger charge is -2.16. The van der Waals surface area contributed by atoms with Crippen molar-refractivity contribution in [1.82, 2.24) is 4.37 Å². The van der Waals surface area contributed by atoms with E-state index < -0.39 is 4.92 Å². The lowest BCUT2D eigenvalue weighted by Crippen LogP contribution is -2.26. The molecule has 0 atom stereocenters. The first-order valence-corrected chi connectivity index (χ1v) is 8.26. The molecule has 0 radical (unpaired) electrons. The molecule has 0 fully saturated rings. The number of non-ortho nitro benzene ring substituents is 1. The topological polar surface area (TPSA) is 71.6 Å². The fourth-order valence-corrected chi connectivity index (χ4v) is 3.42. The van der Waals surface area contributed by atoms with Crippen LogP contribution in [-0.4, -0.2) is 22.4 Å². The summed E-state index contributed by atoms with van der Waals surface area (Å²) >= 11 is 0. The Morgan fingerprint density at radius 1 is 1.30 bits per heavy atom. The molecule has 0 aliphatic rings. The van der Waals surface area contributed by atoms with E-state index in [4.69, 9.17) is 0 Å². The van der Waals surface area contributed by atoms with Crippen LogP contribution < -0.4 is 9.57 Å². The van der Waals surface area contributed by atoms with Gasteiger partial charge in [0, 0.05) is 35.8 Å². The number of benzene rings is 1. The van der Waals surface area contributed by atoms with Gasteiger partial charge in [-0.2, -0.15) is 4.37 Å². The Labute approximate surface area is 123 Å². The number of aromatic nitrogens is 1. The van der Waals surface area contributed by atoms with E-state index >= 15 is 0 Å². The van der Waals surface area contributed by atoms with Crippen LogP contribution >= 0.6 is 20.9 Å². The predicted molar refractivity (Wildman–Crippen MR) is 81.9 cm³/mol. The molecule has 2 aromatic rings. The molecule has 20 heavy (non-hydrogen) atoms. The van der Waals surface area contributed by atoms with Gasteiger partial charge in [0.2, 0.25) is 0 Å². The van der Waals surface area contributed by atoms with Crippen LogP contribution in [0.1, 0.15) is 13.8 Å². The molecule has 0 amide bonds. The van der Waals surface area contributed by atoms with Crippen LogP contribution in [0.25, 0.3) is 0 Å². The SMILES string of the molecule is CCN(CC)c1nssc1=Nc1ccc([N+](=O)[O-])cc1. The largest absolute Gasteiger partial charge is 0.354 e. The average molecular weight is 310 g/mol. The highest BCUT2D eigenvalue weighted by Crippen LogP contribution is 2.19. The van der Waals surface area contributed by atoms with Gasteiger partial charge in [0.1, 0.15) is 0 Å².